The first-order valence-corrected chi connectivity index (χ1v) is 4.79. The summed E-state index contributed by atoms with van der Waals surface area (Å²) in [6, 6.07) is 4.29. The Labute approximate surface area is 85.5 Å². The second-order valence-electron chi connectivity index (χ2n) is 4.18. The van der Waals surface area contributed by atoms with Gasteiger partial charge in [0.15, 0.2) is 0 Å². The van der Waals surface area contributed by atoms with E-state index < -0.39 is 17.3 Å². The maximum atomic E-state index is 13.1. The van der Waals surface area contributed by atoms with Gasteiger partial charge in [-0.1, -0.05) is 0 Å². The highest BCUT2D eigenvalue weighted by Gasteiger charge is 2.63. The molecule has 1 fully saturated rings. The van der Waals surface area contributed by atoms with E-state index >= 15 is 0 Å². The highest BCUT2D eigenvalue weighted by atomic mass is 19.1. The van der Waals surface area contributed by atoms with Crippen molar-refractivity contribution in [2.75, 3.05) is 6.61 Å². The lowest BCUT2D eigenvalue weighted by Gasteiger charge is -2.05. The van der Waals surface area contributed by atoms with Gasteiger partial charge in [-0.3, -0.25) is 4.79 Å². The van der Waals surface area contributed by atoms with Crippen molar-refractivity contribution >= 4 is 5.97 Å². The van der Waals surface area contributed by atoms with Crippen LogP contribution in [0.1, 0.15) is 12.0 Å². The van der Waals surface area contributed by atoms with Gasteiger partial charge < -0.3 is 9.84 Å². The predicted octanol–water partition coefficient (Wildman–Crippen LogP) is 1.56. The summed E-state index contributed by atoms with van der Waals surface area (Å²) in [7, 11) is 0. The Bertz CT molecular complexity index is 457. The molecule has 1 saturated carbocycles. The highest BCUT2D eigenvalue weighted by Crippen LogP contribution is 2.60. The molecule has 1 aliphatic carbocycles. The Morgan fingerprint density at radius 3 is 3.07 bits per heavy atom. The molecule has 3 rings (SSSR count). The van der Waals surface area contributed by atoms with E-state index in [1.807, 2.05) is 0 Å². The van der Waals surface area contributed by atoms with Gasteiger partial charge in [-0.05, 0) is 24.6 Å². The third-order valence-electron chi connectivity index (χ3n) is 3.34. The van der Waals surface area contributed by atoms with Crippen LogP contribution < -0.4 is 4.74 Å². The standard InChI is InChI=1S/C11H9FO3/c12-6-1-2-9-7(3-6)11(5-15-9)4-8(11)10(13)14/h1-3,8H,4-5H2,(H,13,14)/t8-,11-/m1/s1. The van der Waals surface area contributed by atoms with Crippen LogP contribution in [0.4, 0.5) is 4.39 Å². The van der Waals surface area contributed by atoms with E-state index in [1.54, 1.807) is 6.07 Å². The highest BCUT2D eigenvalue weighted by molar-refractivity contribution is 5.78. The number of carbonyl (C=O) groups is 1. The number of rotatable bonds is 1. The Kier molecular flexibility index (Phi) is 1.45. The number of carboxylic acids is 1. The SMILES string of the molecule is O=C(O)[C@H]1C[C@]12COc1ccc(F)cc12. The van der Waals surface area contributed by atoms with Gasteiger partial charge in [0.1, 0.15) is 11.6 Å². The Morgan fingerprint density at radius 2 is 2.40 bits per heavy atom. The van der Waals surface area contributed by atoms with Crippen molar-refractivity contribution in [2.24, 2.45) is 5.92 Å². The first-order chi connectivity index (χ1) is 7.13. The van der Waals surface area contributed by atoms with Crippen LogP contribution in [0.2, 0.25) is 0 Å². The summed E-state index contributed by atoms with van der Waals surface area (Å²) in [6.45, 7) is 0.364. The minimum atomic E-state index is -0.823. The first kappa shape index (κ1) is 8.71. The molecule has 3 nitrogen and oxygen atoms in total. The van der Waals surface area contributed by atoms with Crippen molar-refractivity contribution in [3.05, 3.63) is 29.6 Å². The summed E-state index contributed by atoms with van der Waals surface area (Å²) >= 11 is 0. The molecule has 1 aliphatic heterocycles. The lowest BCUT2D eigenvalue weighted by molar-refractivity contribution is -0.139. The Hall–Kier alpha value is -1.58. The minimum Gasteiger partial charge on any atom is -0.492 e. The van der Waals surface area contributed by atoms with Gasteiger partial charge in [0, 0.05) is 11.0 Å². The number of benzene rings is 1. The molecule has 1 N–H and O–H groups in total. The van der Waals surface area contributed by atoms with Gasteiger partial charge in [-0.15, -0.1) is 0 Å². The second kappa shape index (κ2) is 2.51. The summed E-state index contributed by atoms with van der Waals surface area (Å²) in [4.78, 5) is 10.9. The van der Waals surface area contributed by atoms with Gasteiger partial charge in [-0.25, -0.2) is 4.39 Å². The summed E-state index contributed by atoms with van der Waals surface area (Å²) in [5, 5.41) is 8.92. The summed E-state index contributed by atoms with van der Waals surface area (Å²) in [5.74, 6) is -0.953. The van der Waals surface area contributed by atoms with Crippen LogP contribution in [0.5, 0.6) is 5.75 Å². The number of aliphatic carboxylic acids is 1. The van der Waals surface area contributed by atoms with Gasteiger partial charge in [0.2, 0.25) is 0 Å². The fraction of sp³-hybridized carbons (Fsp3) is 0.364. The van der Waals surface area contributed by atoms with Crippen LogP contribution in [-0.4, -0.2) is 17.7 Å². The van der Waals surface area contributed by atoms with E-state index in [0.29, 0.717) is 18.8 Å². The third-order valence-corrected chi connectivity index (χ3v) is 3.34. The lowest BCUT2D eigenvalue weighted by Crippen LogP contribution is -2.16. The molecule has 1 aromatic rings. The average Bonchev–Trinajstić information content (AvgIpc) is 2.81. The van der Waals surface area contributed by atoms with Crippen molar-refractivity contribution in [1.82, 2.24) is 0 Å². The molecule has 1 heterocycles. The van der Waals surface area contributed by atoms with Crippen molar-refractivity contribution in [1.29, 1.82) is 0 Å². The van der Waals surface area contributed by atoms with E-state index in [1.165, 1.54) is 12.1 Å². The molecular formula is C11H9FO3. The quantitative estimate of drug-likeness (QED) is 0.761. The van der Waals surface area contributed by atoms with Crippen LogP contribution in [-0.2, 0) is 10.2 Å². The molecule has 0 amide bonds. The average molecular weight is 208 g/mol. The van der Waals surface area contributed by atoms with Crippen molar-refractivity contribution < 1.29 is 19.0 Å². The first-order valence-electron chi connectivity index (χ1n) is 4.79. The van der Waals surface area contributed by atoms with Crippen LogP contribution in [0.3, 0.4) is 0 Å². The number of hydrogen-bond acceptors (Lipinski definition) is 2. The molecule has 78 valence electrons. The molecule has 1 spiro atoms. The van der Waals surface area contributed by atoms with E-state index in [4.69, 9.17) is 9.84 Å². The summed E-state index contributed by atoms with van der Waals surface area (Å²) in [6.07, 6.45) is 0.554. The van der Waals surface area contributed by atoms with Crippen molar-refractivity contribution in [3.8, 4) is 5.75 Å². The lowest BCUT2D eigenvalue weighted by atomic mass is 9.95. The Balaban J connectivity index is 2.06. The minimum absolute atomic E-state index is 0.338. The fourth-order valence-corrected chi connectivity index (χ4v) is 2.39. The Morgan fingerprint density at radius 1 is 1.60 bits per heavy atom. The van der Waals surface area contributed by atoms with Crippen molar-refractivity contribution in [2.45, 2.75) is 11.8 Å². The molecule has 2 atom stereocenters. The normalized spacial score (nSPS) is 31.1. The molecule has 4 heteroatoms. The van der Waals surface area contributed by atoms with E-state index in [9.17, 15) is 9.18 Å². The number of halogens is 1. The zero-order valence-corrected chi connectivity index (χ0v) is 7.87. The number of ether oxygens (including phenoxy) is 1. The van der Waals surface area contributed by atoms with Crippen LogP contribution in [0.25, 0.3) is 0 Å². The molecular weight excluding hydrogens is 199 g/mol. The smallest absolute Gasteiger partial charge is 0.307 e. The molecule has 15 heavy (non-hydrogen) atoms. The van der Waals surface area contributed by atoms with Crippen molar-refractivity contribution in [3.63, 3.8) is 0 Å². The van der Waals surface area contributed by atoms with E-state index in [2.05, 4.69) is 0 Å². The molecule has 0 radical (unpaired) electrons. The van der Waals surface area contributed by atoms with Crippen LogP contribution in [0.15, 0.2) is 18.2 Å². The maximum Gasteiger partial charge on any atom is 0.307 e. The van der Waals surface area contributed by atoms with E-state index in [0.717, 1.165) is 5.56 Å². The number of carboxylic acid groups (broad SMARTS) is 1. The zero-order chi connectivity index (χ0) is 10.6. The molecule has 0 saturated heterocycles. The predicted molar refractivity (Wildman–Crippen MR) is 49.3 cm³/mol. The molecule has 0 aromatic heterocycles. The van der Waals surface area contributed by atoms with Gasteiger partial charge in [-0.2, -0.15) is 0 Å². The zero-order valence-electron chi connectivity index (χ0n) is 7.87. The monoisotopic (exact) mass is 208 g/mol. The van der Waals surface area contributed by atoms with Gasteiger partial charge in [0.05, 0.1) is 12.5 Å². The molecule has 0 unspecified atom stereocenters. The van der Waals surface area contributed by atoms with Gasteiger partial charge in [0.25, 0.3) is 0 Å². The second-order valence-corrected chi connectivity index (χ2v) is 4.18. The summed E-state index contributed by atoms with van der Waals surface area (Å²) < 4.78 is 18.4. The van der Waals surface area contributed by atoms with Gasteiger partial charge >= 0.3 is 5.97 Å². The third kappa shape index (κ3) is 1.02. The van der Waals surface area contributed by atoms with Crippen LogP contribution in [0, 0.1) is 11.7 Å². The number of fused-ring (bicyclic) bond motifs is 2. The topological polar surface area (TPSA) is 46.5 Å². The molecule has 0 bridgehead atoms. The van der Waals surface area contributed by atoms with Crippen LogP contribution >= 0.6 is 0 Å². The maximum absolute atomic E-state index is 13.1. The molecule has 1 aromatic carbocycles. The largest absolute Gasteiger partial charge is 0.492 e. The molecule has 2 aliphatic rings. The fourth-order valence-electron chi connectivity index (χ4n) is 2.39. The van der Waals surface area contributed by atoms with E-state index in [-0.39, 0.29) is 5.82 Å². The summed E-state index contributed by atoms with van der Waals surface area (Å²) in [5.41, 5.74) is 0.262. The number of hydrogen-bond donors (Lipinski definition) is 1.